The molecule has 4 N–H and O–H groups in total. The minimum absolute atomic E-state index is 0. The second-order valence-electron chi connectivity index (χ2n) is 8.64. The highest BCUT2D eigenvalue weighted by atomic mass is 127. The van der Waals surface area contributed by atoms with E-state index >= 15 is 0 Å². The maximum atomic E-state index is 12.0. The number of carbonyl (C=O) groups excluding carboxylic acids is 1. The second-order valence-corrected chi connectivity index (χ2v) is 8.64. The van der Waals surface area contributed by atoms with Crippen LogP contribution >= 0.6 is 24.0 Å². The summed E-state index contributed by atoms with van der Waals surface area (Å²) in [7, 11) is 0. The number of hydrogen-bond donors (Lipinski definition) is 4. The third kappa shape index (κ3) is 10.6. The van der Waals surface area contributed by atoms with Gasteiger partial charge in [-0.15, -0.1) is 24.0 Å². The number of aromatic hydroxyl groups is 1. The lowest BCUT2D eigenvalue weighted by molar-refractivity contribution is 0.0474. The van der Waals surface area contributed by atoms with Gasteiger partial charge in [0.2, 0.25) is 0 Å². The van der Waals surface area contributed by atoms with Crippen molar-refractivity contribution in [3.05, 3.63) is 28.8 Å². The number of nitrogens with zero attached hydrogens (tertiary/aromatic N) is 1. The summed E-state index contributed by atoms with van der Waals surface area (Å²) in [4.78, 5) is 16.6. The van der Waals surface area contributed by atoms with Crippen molar-refractivity contribution < 1.29 is 14.6 Å². The molecule has 7 nitrogen and oxygen atoms in total. The molecule has 0 heterocycles. The Labute approximate surface area is 192 Å². The Morgan fingerprint density at radius 1 is 1.10 bits per heavy atom. The van der Waals surface area contributed by atoms with E-state index in [9.17, 15) is 9.90 Å². The van der Waals surface area contributed by atoms with Crippen molar-refractivity contribution in [3.8, 4) is 5.75 Å². The van der Waals surface area contributed by atoms with Crippen LogP contribution in [0.1, 0.15) is 58.2 Å². The van der Waals surface area contributed by atoms with Gasteiger partial charge in [-0.3, -0.25) is 0 Å². The lowest BCUT2D eigenvalue weighted by Gasteiger charge is -2.29. The van der Waals surface area contributed by atoms with Crippen LogP contribution in [0.25, 0.3) is 0 Å². The first-order chi connectivity index (χ1) is 12.8. The monoisotopic (exact) mass is 520 g/mol. The Hall–Kier alpha value is -1.71. The van der Waals surface area contributed by atoms with Gasteiger partial charge in [-0.25, -0.2) is 9.79 Å². The van der Waals surface area contributed by atoms with Gasteiger partial charge in [0.05, 0.1) is 12.1 Å². The van der Waals surface area contributed by atoms with Gasteiger partial charge in [0.1, 0.15) is 11.4 Å². The van der Waals surface area contributed by atoms with Gasteiger partial charge in [0.25, 0.3) is 0 Å². The number of rotatable bonds is 6. The summed E-state index contributed by atoms with van der Waals surface area (Å²) in [5, 5.41) is 19.2. The lowest BCUT2D eigenvalue weighted by Crippen LogP contribution is -2.54. The number of amides is 1. The van der Waals surface area contributed by atoms with Gasteiger partial charge in [0, 0.05) is 13.1 Å². The largest absolute Gasteiger partial charge is 0.507 e. The zero-order valence-electron chi connectivity index (χ0n) is 18.9. The second kappa shape index (κ2) is 11.5. The Morgan fingerprint density at radius 3 is 2.14 bits per heavy atom. The number of guanidine groups is 1. The molecule has 0 radical (unpaired) electrons. The molecule has 0 fully saturated rings. The molecule has 0 aliphatic heterocycles. The van der Waals surface area contributed by atoms with Crippen molar-refractivity contribution in [1.29, 1.82) is 0 Å². The lowest BCUT2D eigenvalue weighted by atomic mass is 10.1. The van der Waals surface area contributed by atoms with Crippen LogP contribution in [0.15, 0.2) is 17.1 Å². The first kappa shape index (κ1) is 27.3. The van der Waals surface area contributed by atoms with Crippen LogP contribution in [-0.4, -0.2) is 41.4 Å². The van der Waals surface area contributed by atoms with Crippen LogP contribution in [0, 0.1) is 13.8 Å². The first-order valence-electron chi connectivity index (χ1n) is 9.65. The van der Waals surface area contributed by atoms with E-state index in [0.717, 1.165) is 23.2 Å². The van der Waals surface area contributed by atoms with Crippen LogP contribution in [0.2, 0.25) is 0 Å². The molecule has 1 aromatic rings. The fourth-order valence-corrected chi connectivity index (χ4v) is 2.58. The molecule has 1 rings (SSSR count). The van der Waals surface area contributed by atoms with E-state index < -0.39 is 17.2 Å². The van der Waals surface area contributed by atoms with Gasteiger partial charge in [-0.2, -0.15) is 0 Å². The Morgan fingerprint density at radius 2 is 1.66 bits per heavy atom. The summed E-state index contributed by atoms with van der Waals surface area (Å²) in [6.07, 6.45) is -0.448. The number of ether oxygens (including phenoxy) is 1. The molecule has 1 amide bonds. The fourth-order valence-electron chi connectivity index (χ4n) is 2.58. The van der Waals surface area contributed by atoms with Gasteiger partial charge >= 0.3 is 6.09 Å². The van der Waals surface area contributed by atoms with E-state index in [1.165, 1.54) is 0 Å². The number of phenolic OH excluding ortho intramolecular Hbond substituents is 1. The number of alkyl carbamates (subject to hydrolysis) is 1. The van der Waals surface area contributed by atoms with Crippen LogP contribution in [0.3, 0.4) is 0 Å². The molecule has 0 saturated heterocycles. The highest BCUT2D eigenvalue weighted by molar-refractivity contribution is 14.0. The standard InChI is InChI=1S/C21H36N4O3.HI/c1-9-22-18(23-12-16-10-14(2)17(26)15(3)11-16)24-13-21(7,8)25-19(27)28-20(4,5)6;/h10-11,26H,9,12-13H2,1-8H3,(H,25,27)(H2,22,23,24);1H. The molecule has 29 heavy (non-hydrogen) atoms. The molecule has 1 aromatic carbocycles. The molecular formula is C21H37IN4O3. The topological polar surface area (TPSA) is 95.0 Å². The molecule has 0 aromatic heterocycles. The molecule has 0 saturated carbocycles. The molecular weight excluding hydrogens is 483 g/mol. The van der Waals surface area contributed by atoms with Gasteiger partial charge < -0.3 is 25.8 Å². The summed E-state index contributed by atoms with van der Waals surface area (Å²) in [6, 6.07) is 3.87. The average molecular weight is 520 g/mol. The van der Waals surface area contributed by atoms with Gasteiger partial charge in [0.15, 0.2) is 5.96 Å². The number of halogens is 1. The average Bonchev–Trinajstić information content (AvgIpc) is 2.52. The number of nitrogens with one attached hydrogen (secondary N) is 3. The summed E-state index contributed by atoms with van der Waals surface area (Å²) in [5.41, 5.74) is 1.64. The smallest absolute Gasteiger partial charge is 0.408 e. The normalized spacial score (nSPS) is 12.1. The number of phenols is 1. The number of hydrogen-bond acceptors (Lipinski definition) is 4. The third-order valence-electron chi connectivity index (χ3n) is 3.85. The summed E-state index contributed by atoms with van der Waals surface area (Å²) >= 11 is 0. The highest BCUT2D eigenvalue weighted by Crippen LogP contribution is 2.23. The summed E-state index contributed by atoms with van der Waals surface area (Å²) in [6.45, 7) is 16.8. The third-order valence-corrected chi connectivity index (χ3v) is 3.85. The van der Waals surface area contributed by atoms with Gasteiger partial charge in [-0.05, 0) is 72.1 Å². The molecule has 0 bridgehead atoms. The number of benzene rings is 1. The van der Waals surface area contributed by atoms with E-state index in [-0.39, 0.29) is 24.0 Å². The van der Waals surface area contributed by atoms with E-state index in [4.69, 9.17) is 4.74 Å². The Balaban J connectivity index is 0.00000784. The van der Waals surface area contributed by atoms with Crippen LogP contribution in [0.5, 0.6) is 5.75 Å². The zero-order chi connectivity index (χ0) is 21.5. The molecule has 0 spiro atoms. The van der Waals surface area contributed by atoms with E-state index in [2.05, 4.69) is 20.9 Å². The molecule has 166 valence electrons. The van der Waals surface area contributed by atoms with Crippen LogP contribution in [-0.2, 0) is 11.3 Å². The first-order valence-corrected chi connectivity index (χ1v) is 9.65. The van der Waals surface area contributed by atoms with Crippen molar-refractivity contribution in [3.63, 3.8) is 0 Å². The number of aryl methyl sites for hydroxylation is 2. The molecule has 0 aliphatic rings. The number of carbonyl (C=O) groups is 1. The fraction of sp³-hybridized carbons (Fsp3) is 0.619. The Bertz CT molecular complexity index is 689. The summed E-state index contributed by atoms with van der Waals surface area (Å²) in [5.74, 6) is 0.984. The SMILES string of the molecule is CCNC(=NCc1cc(C)c(O)c(C)c1)NCC(C)(C)NC(=O)OC(C)(C)C.I. The van der Waals surface area contributed by atoms with Gasteiger partial charge in [-0.1, -0.05) is 12.1 Å². The maximum Gasteiger partial charge on any atom is 0.408 e. The zero-order valence-corrected chi connectivity index (χ0v) is 21.2. The van der Waals surface area contributed by atoms with Crippen molar-refractivity contribution in [2.75, 3.05) is 13.1 Å². The van der Waals surface area contributed by atoms with Crippen molar-refractivity contribution in [2.24, 2.45) is 4.99 Å². The molecule has 8 heteroatoms. The maximum absolute atomic E-state index is 12.0. The van der Waals surface area contributed by atoms with Crippen molar-refractivity contribution in [2.45, 2.75) is 73.1 Å². The van der Waals surface area contributed by atoms with E-state index in [1.807, 2.05) is 67.5 Å². The van der Waals surface area contributed by atoms with E-state index in [0.29, 0.717) is 24.8 Å². The number of aliphatic imine (C=N–C) groups is 1. The predicted molar refractivity (Wildman–Crippen MR) is 129 cm³/mol. The van der Waals surface area contributed by atoms with Crippen LogP contribution in [0.4, 0.5) is 4.79 Å². The van der Waals surface area contributed by atoms with Crippen molar-refractivity contribution in [1.82, 2.24) is 16.0 Å². The minimum atomic E-state index is -0.537. The Kier molecular flexibility index (Phi) is 10.8. The summed E-state index contributed by atoms with van der Waals surface area (Å²) < 4.78 is 5.32. The quantitative estimate of drug-likeness (QED) is 0.259. The predicted octanol–water partition coefficient (Wildman–Crippen LogP) is 3.99. The van der Waals surface area contributed by atoms with Crippen LogP contribution < -0.4 is 16.0 Å². The molecule has 0 unspecified atom stereocenters. The highest BCUT2D eigenvalue weighted by Gasteiger charge is 2.24. The minimum Gasteiger partial charge on any atom is -0.507 e. The molecule has 0 atom stereocenters. The van der Waals surface area contributed by atoms with E-state index in [1.54, 1.807) is 0 Å². The van der Waals surface area contributed by atoms with Crippen molar-refractivity contribution >= 4 is 36.0 Å². The molecule has 0 aliphatic carbocycles.